The van der Waals surface area contributed by atoms with Gasteiger partial charge in [0.15, 0.2) is 18.2 Å². The lowest BCUT2D eigenvalue weighted by Crippen LogP contribution is -2.64. The van der Waals surface area contributed by atoms with E-state index in [1.807, 2.05) is 41.3 Å². The summed E-state index contributed by atoms with van der Waals surface area (Å²) in [6, 6.07) is 14.5. The molecule has 0 aliphatic carbocycles. The van der Waals surface area contributed by atoms with Crippen molar-refractivity contribution in [2.24, 2.45) is 4.99 Å². The second-order valence-electron chi connectivity index (χ2n) is 8.84. The Kier molecular flexibility index (Phi) is 6.38. The molecule has 0 saturated carbocycles. The summed E-state index contributed by atoms with van der Waals surface area (Å²) < 4.78 is 0. The van der Waals surface area contributed by atoms with Gasteiger partial charge in [-0.15, -0.1) is 0 Å². The van der Waals surface area contributed by atoms with Gasteiger partial charge in [0.25, 0.3) is 5.91 Å². The van der Waals surface area contributed by atoms with E-state index < -0.39 is 18.2 Å². The van der Waals surface area contributed by atoms with Crippen LogP contribution in [0.15, 0.2) is 53.5 Å². The van der Waals surface area contributed by atoms with Crippen molar-refractivity contribution in [3.05, 3.63) is 69.7 Å². The number of urea groups is 1. The van der Waals surface area contributed by atoms with Crippen molar-refractivity contribution in [3.63, 3.8) is 0 Å². The van der Waals surface area contributed by atoms with Gasteiger partial charge in [-0.05, 0) is 35.4 Å². The molecule has 3 heterocycles. The maximum Gasteiger partial charge on any atom is 0.325 e. The molecule has 0 radical (unpaired) electrons. The molecule has 3 amide bonds. The van der Waals surface area contributed by atoms with E-state index in [2.05, 4.69) is 27.2 Å². The number of benzene rings is 2. The van der Waals surface area contributed by atoms with Crippen LogP contribution < -0.4 is 5.32 Å². The molecular weight excluding hydrogens is 475 g/mol. The summed E-state index contributed by atoms with van der Waals surface area (Å²) in [6.07, 6.45) is -0.553. The average Bonchev–Trinajstić information content (AvgIpc) is 3.19. The number of nitrogens with zero attached hydrogens (tertiary/aromatic N) is 5. The largest absolute Gasteiger partial charge is 0.340 e. The number of halogens is 2. The minimum atomic E-state index is -0.580. The number of nitrogens with one attached hydrogen (secondary N) is 1. The maximum atomic E-state index is 12.9. The number of likely N-dealkylation sites (N-methyl/N-ethyl adjacent to an activating group) is 1. The lowest BCUT2D eigenvalue weighted by molar-refractivity contribution is -0.127. The third-order valence-electron chi connectivity index (χ3n) is 6.56. The topological polar surface area (TPSA) is 71.5 Å². The predicted octanol–water partition coefficient (Wildman–Crippen LogP) is 2.86. The van der Waals surface area contributed by atoms with E-state index in [9.17, 15) is 9.59 Å². The summed E-state index contributed by atoms with van der Waals surface area (Å²) in [5.41, 5.74) is 2.20. The Bertz CT molecular complexity index is 1120. The highest BCUT2D eigenvalue weighted by atomic mass is 35.5. The van der Waals surface area contributed by atoms with Crippen molar-refractivity contribution in [1.82, 2.24) is 24.9 Å². The first-order valence-corrected chi connectivity index (χ1v) is 12.0. The van der Waals surface area contributed by atoms with E-state index >= 15 is 0 Å². The predicted molar refractivity (Wildman–Crippen MR) is 132 cm³/mol. The van der Waals surface area contributed by atoms with Crippen molar-refractivity contribution in [2.75, 3.05) is 33.2 Å². The summed E-state index contributed by atoms with van der Waals surface area (Å²) in [5.74, 6) is 0.424. The number of fused-ring (bicyclic) bond motifs is 1. The number of carbonyl (C=O) groups excluding carboxylic acids is 2. The third-order valence-corrected chi connectivity index (χ3v) is 7.04. The third kappa shape index (κ3) is 4.58. The first-order valence-electron chi connectivity index (χ1n) is 11.3. The molecule has 2 aromatic carbocycles. The smallest absolute Gasteiger partial charge is 0.325 e. The quantitative estimate of drug-likeness (QED) is 0.698. The zero-order valence-corrected chi connectivity index (χ0v) is 20.3. The van der Waals surface area contributed by atoms with Crippen LogP contribution in [0, 0.1) is 0 Å². The highest BCUT2D eigenvalue weighted by Gasteiger charge is 2.49. The highest BCUT2D eigenvalue weighted by molar-refractivity contribution is 6.30. The molecule has 0 aromatic heterocycles. The number of hydrogen-bond acceptors (Lipinski definition) is 6. The van der Waals surface area contributed by atoms with Gasteiger partial charge in [-0.1, -0.05) is 47.5 Å². The van der Waals surface area contributed by atoms with Gasteiger partial charge in [-0.2, -0.15) is 0 Å². The molecule has 8 nitrogen and oxygen atoms in total. The zero-order chi connectivity index (χ0) is 23.8. The monoisotopic (exact) mass is 500 g/mol. The normalized spacial score (nSPS) is 23.1. The molecule has 5 rings (SSSR count). The molecule has 3 aliphatic heterocycles. The fourth-order valence-corrected chi connectivity index (χ4v) is 5.07. The number of rotatable bonds is 4. The summed E-state index contributed by atoms with van der Waals surface area (Å²) in [5, 5.41) is 3.84. The summed E-state index contributed by atoms with van der Waals surface area (Å²) in [4.78, 5) is 38.1. The van der Waals surface area contributed by atoms with Crippen molar-refractivity contribution in [3.8, 4) is 0 Å². The summed E-state index contributed by atoms with van der Waals surface area (Å²) >= 11 is 12.2. The summed E-state index contributed by atoms with van der Waals surface area (Å²) in [7, 11) is 1.67. The molecule has 10 heteroatoms. The van der Waals surface area contributed by atoms with Gasteiger partial charge < -0.3 is 14.7 Å². The van der Waals surface area contributed by atoms with Gasteiger partial charge in [0.1, 0.15) is 0 Å². The van der Waals surface area contributed by atoms with Gasteiger partial charge in [-0.25, -0.2) is 9.79 Å². The number of hydrogen-bond donors (Lipinski definition) is 1. The highest BCUT2D eigenvalue weighted by Crippen LogP contribution is 2.28. The molecule has 34 heavy (non-hydrogen) atoms. The van der Waals surface area contributed by atoms with Gasteiger partial charge in [0.05, 0.1) is 0 Å². The van der Waals surface area contributed by atoms with Crippen LogP contribution in [0.4, 0.5) is 4.79 Å². The molecule has 178 valence electrons. The van der Waals surface area contributed by atoms with Crippen LogP contribution in [0.5, 0.6) is 0 Å². The maximum absolute atomic E-state index is 12.9. The van der Waals surface area contributed by atoms with Crippen LogP contribution in [0.25, 0.3) is 0 Å². The first kappa shape index (κ1) is 23.0. The van der Waals surface area contributed by atoms with E-state index in [0.717, 1.165) is 49.3 Å². The van der Waals surface area contributed by atoms with Crippen molar-refractivity contribution >= 4 is 41.1 Å². The lowest BCUT2D eigenvalue weighted by atomic mass is 10.1. The van der Waals surface area contributed by atoms with E-state index in [4.69, 9.17) is 28.2 Å². The van der Waals surface area contributed by atoms with Crippen molar-refractivity contribution in [1.29, 1.82) is 0 Å². The van der Waals surface area contributed by atoms with Crippen LogP contribution >= 0.6 is 23.2 Å². The Hall–Kier alpha value is -2.81. The first-order chi connectivity index (χ1) is 16.4. The summed E-state index contributed by atoms with van der Waals surface area (Å²) in [6.45, 7) is 4.61. The Balaban J connectivity index is 1.34. The Morgan fingerprint density at radius 1 is 0.941 bits per heavy atom. The number of guanidine groups is 1. The van der Waals surface area contributed by atoms with Gasteiger partial charge in [-0.3, -0.25) is 15.0 Å². The van der Waals surface area contributed by atoms with Crippen molar-refractivity contribution in [2.45, 2.75) is 25.3 Å². The van der Waals surface area contributed by atoms with E-state index in [1.165, 1.54) is 10.5 Å². The molecule has 3 aliphatic rings. The molecule has 2 saturated heterocycles. The zero-order valence-electron chi connectivity index (χ0n) is 18.8. The molecule has 0 spiro atoms. The van der Waals surface area contributed by atoms with Crippen LogP contribution in [0.2, 0.25) is 10.0 Å². The van der Waals surface area contributed by atoms with Crippen LogP contribution in [0.3, 0.4) is 0 Å². The molecule has 2 aromatic rings. The molecule has 0 bridgehead atoms. The Morgan fingerprint density at radius 2 is 1.68 bits per heavy atom. The number of carbonyl (C=O) groups is 2. The second kappa shape index (κ2) is 9.44. The Morgan fingerprint density at radius 3 is 2.38 bits per heavy atom. The van der Waals surface area contributed by atoms with Gasteiger partial charge in [0, 0.05) is 56.4 Å². The minimum Gasteiger partial charge on any atom is -0.340 e. The van der Waals surface area contributed by atoms with E-state index in [-0.39, 0.29) is 5.91 Å². The van der Waals surface area contributed by atoms with Gasteiger partial charge in [0.2, 0.25) is 0 Å². The van der Waals surface area contributed by atoms with Crippen molar-refractivity contribution < 1.29 is 9.59 Å². The molecule has 2 atom stereocenters. The van der Waals surface area contributed by atoms with E-state index in [1.54, 1.807) is 7.05 Å². The molecule has 2 unspecified atom stereocenters. The van der Waals surface area contributed by atoms with E-state index in [0.29, 0.717) is 11.6 Å². The molecule has 2 fully saturated rings. The molecule has 1 N–H and O–H groups in total. The lowest BCUT2D eigenvalue weighted by Gasteiger charge is -2.40. The van der Waals surface area contributed by atoms with Gasteiger partial charge >= 0.3 is 6.03 Å². The van der Waals surface area contributed by atoms with Crippen LogP contribution in [0.1, 0.15) is 11.1 Å². The Labute approximate surface area is 208 Å². The SMILES string of the molecule is CN1C(=O)NC(=O)C2C1N=C(N1CCN(Cc3ccc(Cl)cc3)CC1)N2Cc1cccc(Cl)c1. The standard InChI is InChI=1S/C24H26Cl2N6O2/c1-29-21-20(22(33)28-24(29)34)32(15-17-3-2-4-19(26)13-17)23(27-21)31-11-9-30(10-12-31)14-16-5-7-18(25)8-6-16/h2-8,13,20-21H,9-12,14-15H2,1H3,(H,28,33,34). The number of amides is 3. The van der Waals surface area contributed by atoms with Crippen LogP contribution in [-0.4, -0.2) is 82.9 Å². The molecular formula is C24H26Cl2N6O2. The average molecular weight is 501 g/mol. The fourth-order valence-electron chi connectivity index (χ4n) is 4.73. The number of piperazine rings is 1. The number of aliphatic imine (C=N–C) groups is 1. The van der Waals surface area contributed by atoms with Crippen LogP contribution in [-0.2, 0) is 17.9 Å². The second-order valence-corrected chi connectivity index (χ2v) is 9.71. The minimum absolute atomic E-state index is 0.324. The number of imide groups is 1. The fraction of sp³-hybridized carbons (Fsp3) is 0.375.